The number of carbonyl (C=O) groups is 1. The van der Waals surface area contributed by atoms with Crippen LogP contribution in [0.4, 0.5) is 4.79 Å². The third-order valence-electron chi connectivity index (χ3n) is 6.52. The first kappa shape index (κ1) is 21.9. The number of para-hydroxylation sites is 1. The van der Waals surface area contributed by atoms with Gasteiger partial charge in [-0.3, -0.25) is 4.98 Å². The Hall–Kier alpha value is -3.93. The van der Waals surface area contributed by atoms with Gasteiger partial charge in [0, 0.05) is 51.2 Å². The average Bonchev–Trinajstić information content (AvgIpc) is 3.38. The minimum atomic E-state index is 0.101. The largest absolute Gasteiger partial charge is 0.326 e. The quantitative estimate of drug-likeness (QED) is 0.391. The van der Waals surface area contributed by atoms with Crippen LogP contribution in [0, 0.1) is 6.92 Å². The number of rotatable bonds is 6. The lowest BCUT2D eigenvalue weighted by molar-refractivity contribution is 0.197. The lowest BCUT2D eigenvalue weighted by atomic mass is 10.0. The Labute approximate surface area is 200 Å². The molecular formula is C28H29N5O. The molecular weight excluding hydrogens is 422 g/mol. The molecule has 2 amide bonds. The first-order chi connectivity index (χ1) is 16.5. The highest BCUT2D eigenvalue weighted by Crippen LogP contribution is 2.31. The molecule has 0 N–H and O–H groups in total. The molecule has 0 aliphatic carbocycles. The SMILES string of the molecule is CCn1c(/C=C/c2ccc(CN3CCN(C)C3=O)cc2)nc2c(-c3ccncc3C)cccc21. The van der Waals surface area contributed by atoms with Gasteiger partial charge in [0.05, 0.1) is 11.0 Å². The summed E-state index contributed by atoms with van der Waals surface area (Å²) in [5.74, 6) is 0.937. The Morgan fingerprint density at radius 3 is 2.53 bits per heavy atom. The van der Waals surface area contributed by atoms with Crippen molar-refractivity contribution in [1.29, 1.82) is 0 Å². The Bertz CT molecular complexity index is 1370. The van der Waals surface area contributed by atoms with E-state index in [-0.39, 0.29) is 6.03 Å². The second-order valence-electron chi connectivity index (χ2n) is 8.78. The van der Waals surface area contributed by atoms with Gasteiger partial charge in [-0.15, -0.1) is 0 Å². The number of urea groups is 1. The number of amides is 2. The van der Waals surface area contributed by atoms with Crippen molar-refractivity contribution in [1.82, 2.24) is 24.3 Å². The lowest BCUT2D eigenvalue weighted by Crippen LogP contribution is -2.28. The van der Waals surface area contributed by atoms with E-state index in [2.05, 4.69) is 84.1 Å². The molecule has 3 heterocycles. The Kier molecular flexibility index (Phi) is 5.88. The number of hydrogen-bond donors (Lipinski definition) is 0. The number of likely N-dealkylation sites (N-methyl/N-ethyl adjacent to an activating group) is 1. The van der Waals surface area contributed by atoms with Gasteiger partial charge in [-0.1, -0.05) is 42.5 Å². The minimum absolute atomic E-state index is 0.101. The maximum Gasteiger partial charge on any atom is 0.320 e. The van der Waals surface area contributed by atoms with Crippen LogP contribution in [0.15, 0.2) is 60.9 Å². The molecule has 1 aliphatic rings. The van der Waals surface area contributed by atoms with E-state index >= 15 is 0 Å². The van der Waals surface area contributed by atoms with Gasteiger partial charge in [0.25, 0.3) is 0 Å². The molecule has 0 atom stereocenters. The summed E-state index contributed by atoms with van der Waals surface area (Å²) >= 11 is 0. The predicted molar refractivity (Wildman–Crippen MR) is 137 cm³/mol. The van der Waals surface area contributed by atoms with Crippen molar-refractivity contribution in [3.8, 4) is 11.1 Å². The zero-order valence-corrected chi connectivity index (χ0v) is 19.9. The third kappa shape index (κ3) is 4.07. The number of nitrogens with zero attached hydrogens (tertiary/aromatic N) is 5. The third-order valence-corrected chi connectivity index (χ3v) is 6.52. The number of aromatic nitrogens is 3. The van der Waals surface area contributed by atoms with Gasteiger partial charge >= 0.3 is 6.03 Å². The van der Waals surface area contributed by atoms with Crippen LogP contribution in [0.25, 0.3) is 34.3 Å². The zero-order valence-electron chi connectivity index (χ0n) is 19.9. The summed E-state index contributed by atoms with van der Waals surface area (Å²) in [4.78, 5) is 25.0. The molecule has 1 saturated heterocycles. The minimum Gasteiger partial charge on any atom is -0.326 e. The summed E-state index contributed by atoms with van der Waals surface area (Å²) in [7, 11) is 1.85. The number of pyridine rings is 1. The van der Waals surface area contributed by atoms with Crippen LogP contribution in [-0.2, 0) is 13.1 Å². The fourth-order valence-corrected chi connectivity index (χ4v) is 4.59. The number of aryl methyl sites for hydroxylation is 2. The summed E-state index contributed by atoms with van der Waals surface area (Å²) in [5, 5.41) is 0. The van der Waals surface area contributed by atoms with Gasteiger partial charge in [-0.05, 0) is 54.3 Å². The average molecular weight is 452 g/mol. The Morgan fingerprint density at radius 1 is 1.00 bits per heavy atom. The smallest absolute Gasteiger partial charge is 0.320 e. The van der Waals surface area contributed by atoms with Gasteiger partial charge in [-0.25, -0.2) is 9.78 Å². The van der Waals surface area contributed by atoms with Crippen LogP contribution in [-0.4, -0.2) is 50.5 Å². The molecule has 0 bridgehead atoms. The topological polar surface area (TPSA) is 54.3 Å². The second-order valence-corrected chi connectivity index (χ2v) is 8.78. The number of imidazole rings is 1. The second kappa shape index (κ2) is 9.14. The molecule has 1 aliphatic heterocycles. The molecule has 0 unspecified atom stereocenters. The predicted octanol–water partition coefficient (Wildman–Crippen LogP) is 5.46. The van der Waals surface area contributed by atoms with Crippen molar-refractivity contribution in [3.05, 3.63) is 83.4 Å². The molecule has 6 heteroatoms. The molecule has 4 aromatic rings. The van der Waals surface area contributed by atoms with Crippen molar-refractivity contribution in [2.24, 2.45) is 0 Å². The van der Waals surface area contributed by atoms with E-state index in [4.69, 9.17) is 4.98 Å². The molecule has 5 rings (SSSR count). The zero-order chi connectivity index (χ0) is 23.7. The fraction of sp³-hybridized carbons (Fsp3) is 0.250. The van der Waals surface area contributed by atoms with Gasteiger partial charge < -0.3 is 14.4 Å². The molecule has 1 fully saturated rings. The number of carbonyl (C=O) groups excluding carboxylic acids is 1. The molecule has 0 radical (unpaired) electrons. The van der Waals surface area contributed by atoms with Crippen LogP contribution >= 0.6 is 0 Å². The maximum atomic E-state index is 12.1. The molecule has 172 valence electrons. The van der Waals surface area contributed by atoms with E-state index in [1.807, 2.05) is 24.3 Å². The van der Waals surface area contributed by atoms with E-state index in [1.165, 1.54) is 0 Å². The van der Waals surface area contributed by atoms with E-state index < -0.39 is 0 Å². The van der Waals surface area contributed by atoms with Crippen molar-refractivity contribution < 1.29 is 4.79 Å². The van der Waals surface area contributed by atoms with Gasteiger partial charge in [0.1, 0.15) is 5.82 Å². The summed E-state index contributed by atoms with van der Waals surface area (Å²) in [6, 6.07) is 16.9. The molecule has 34 heavy (non-hydrogen) atoms. The number of fused-ring (bicyclic) bond motifs is 1. The van der Waals surface area contributed by atoms with E-state index in [1.54, 1.807) is 4.90 Å². The summed E-state index contributed by atoms with van der Waals surface area (Å²) < 4.78 is 2.25. The summed E-state index contributed by atoms with van der Waals surface area (Å²) in [6.07, 6.45) is 7.91. The molecule has 2 aromatic heterocycles. The molecule has 6 nitrogen and oxygen atoms in total. The molecule has 0 saturated carbocycles. The van der Waals surface area contributed by atoms with Crippen LogP contribution in [0.5, 0.6) is 0 Å². The Balaban J connectivity index is 1.41. The van der Waals surface area contributed by atoms with Gasteiger partial charge in [-0.2, -0.15) is 0 Å². The first-order valence-corrected chi connectivity index (χ1v) is 11.7. The van der Waals surface area contributed by atoms with E-state index in [0.717, 1.165) is 64.3 Å². The summed E-state index contributed by atoms with van der Waals surface area (Å²) in [6.45, 7) is 7.29. The van der Waals surface area contributed by atoms with Crippen molar-refractivity contribution in [3.63, 3.8) is 0 Å². The standard InChI is InChI=1S/C28H29N5O/c1-4-33-25-7-5-6-24(23-14-15-29-18-20(23)2)27(25)30-26(33)13-12-21-8-10-22(11-9-21)19-32-17-16-31(3)28(32)34/h5-15,18H,4,16-17,19H2,1-3H3/b13-12+. The number of benzene rings is 2. The first-order valence-electron chi connectivity index (χ1n) is 11.7. The number of hydrogen-bond acceptors (Lipinski definition) is 3. The monoisotopic (exact) mass is 451 g/mol. The van der Waals surface area contributed by atoms with Gasteiger partial charge in [0.15, 0.2) is 0 Å². The fourth-order valence-electron chi connectivity index (χ4n) is 4.59. The maximum absolute atomic E-state index is 12.1. The summed E-state index contributed by atoms with van der Waals surface area (Å²) in [5.41, 5.74) is 7.81. The highest BCUT2D eigenvalue weighted by Gasteiger charge is 2.24. The van der Waals surface area contributed by atoms with Crippen LogP contribution < -0.4 is 0 Å². The van der Waals surface area contributed by atoms with Crippen molar-refractivity contribution in [2.45, 2.75) is 26.9 Å². The van der Waals surface area contributed by atoms with Crippen molar-refractivity contribution in [2.75, 3.05) is 20.1 Å². The van der Waals surface area contributed by atoms with Crippen LogP contribution in [0.2, 0.25) is 0 Å². The highest BCUT2D eigenvalue weighted by atomic mass is 16.2. The van der Waals surface area contributed by atoms with Crippen molar-refractivity contribution >= 4 is 29.2 Å². The van der Waals surface area contributed by atoms with Crippen LogP contribution in [0.3, 0.4) is 0 Å². The molecule has 0 spiro atoms. The lowest BCUT2D eigenvalue weighted by Gasteiger charge is -2.15. The highest BCUT2D eigenvalue weighted by molar-refractivity contribution is 5.94. The molecule has 2 aromatic carbocycles. The van der Waals surface area contributed by atoms with Gasteiger partial charge in [0.2, 0.25) is 0 Å². The van der Waals surface area contributed by atoms with E-state index in [9.17, 15) is 4.79 Å². The van der Waals surface area contributed by atoms with Crippen LogP contribution in [0.1, 0.15) is 29.4 Å². The Morgan fingerprint density at radius 2 is 1.82 bits per heavy atom. The normalized spacial score (nSPS) is 14.1. The van der Waals surface area contributed by atoms with E-state index in [0.29, 0.717) is 6.54 Å².